The molecular weight excluding hydrogens is 350 g/mol. The van der Waals surface area contributed by atoms with E-state index in [0.29, 0.717) is 25.5 Å². The van der Waals surface area contributed by atoms with Crippen LogP contribution in [0.4, 0.5) is 0 Å². The minimum absolute atomic E-state index is 0.148. The topological polar surface area (TPSA) is 73.1 Å². The van der Waals surface area contributed by atoms with E-state index in [1.54, 1.807) is 27.1 Å². The van der Waals surface area contributed by atoms with Gasteiger partial charge in [0.25, 0.3) is 5.91 Å². The minimum atomic E-state index is -0.181. The Morgan fingerprint density at radius 3 is 3.00 bits per heavy atom. The average Bonchev–Trinajstić information content (AvgIpc) is 3.30. The zero-order valence-corrected chi connectivity index (χ0v) is 15.4. The van der Waals surface area contributed by atoms with Crippen LogP contribution >= 0.6 is 11.3 Å². The molecule has 1 fully saturated rings. The predicted molar refractivity (Wildman–Crippen MR) is 97.5 cm³/mol. The summed E-state index contributed by atoms with van der Waals surface area (Å²) in [5.41, 5.74) is 3.28. The van der Waals surface area contributed by atoms with Gasteiger partial charge in [-0.3, -0.25) is 4.79 Å². The van der Waals surface area contributed by atoms with E-state index in [2.05, 4.69) is 15.3 Å². The Labute approximate surface area is 155 Å². The summed E-state index contributed by atoms with van der Waals surface area (Å²) in [5.74, 6) is -0.148. The summed E-state index contributed by atoms with van der Waals surface area (Å²) in [4.78, 5) is 19.3. The molecule has 1 atom stereocenters. The first kappa shape index (κ1) is 16.9. The van der Waals surface area contributed by atoms with Gasteiger partial charge in [-0.05, 0) is 31.5 Å². The van der Waals surface area contributed by atoms with Crippen LogP contribution in [0.3, 0.4) is 0 Å². The Hall–Kier alpha value is -2.58. The van der Waals surface area contributed by atoms with E-state index in [0.717, 1.165) is 22.0 Å². The van der Waals surface area contributed by atoms with Crippen molar-refractivity contribution >= 4 is 17.2 Å². The molecule has 4 rings (SSSR count). The van der Waals surface area contributed by atoms with Crippen molar-refractivity contribution in [3.05, 3.63) is 57.8 Å². The second kappa shape index (κ2) is 6.97. The number of aryl methyl sites for hydroxylation is 2. The number of rotatable bonds is 3. The molecule has 0 radical (unpaired) electrons. The van der Waals surface area contributed by atoms with Gasteiger partial charge in [-0.2, -0.15) is 0 Å². The van der Waals surface area contributed by atoms with Crippen molar-refractivity contribution in [3.63, 3.8) is 0 Å². The normalized spacial score (nSPS) is 17.5. The van der Waals surface area contributed by atoms with Crippen molar-refractivity contribution < 1.29 is 9.53 Å². The van der Waals surface area contributed by atoms with Gasteiger partial charge in [0.05, 0.1) is 25.1 Å². The van der Waals surface area contributed by atoms with Crippen LogP contribution in [0.1, 0.15) is 32.8 Å². The molecule has 3 aromatic rings. The molecule has 26 heavy (non-hydrogen) atoms. The zero-order chi connectivity index (χ0) is 18.1. The highest BCUT2D eigenvalue weighted by Gasteiger charge is 2.32. The molecule has 134 valence electrons. The fourth-order valence-electron chi connectivity index (χ4n) is 2.98. The number of thiazole rings is 1. The van der Waals surface area contributed by atoms with Gasteiger partial charge in [0.2, 0.25) is 0 Å². The van der Waals surface area contributed by atoms with Crippen LogP contribution in [0.5, 0.6) is 0 Å². The summed E-state index contributed by atoms with van der Waals surface area (Å²) < 4.78 is 7.21. The average molecular weight is 369 g/mol. The highest BCUT2D eigenvalue weighted by atomic mass is 32.1. The molecular formula is C18H19N5O2S. The SMILES string of the molecule is Cc1cccc(-n2cc(C(=O)N3CCOCC3c3nc(C)cs3)nn2)c1. The lowest BCUT2D eigenvalue weighted by atomic mass is 10.2. The molecule has 2 aromatic heterocycles. The Bertz CT molecular complexity index is 935. The molecule has 0 saturated carbocycles. The van der Waals surface area contributed by atoms with Crippen molar-refractivity contribution in [2.75, 3.05) is 19.8 Å². The highest BCUT2D eigenvalue weighted by Crippen LogP contribution is 2.28. The van der Waals surface area contributed by atoms with Crippen LogP contribution in [0.25, 0.3) is 5.69 Å². The van der Waals surface area contributed by atoms with E-state index < -0.39 is 0 Å². The number of hydrogen-bond acceptors (Lipinski definition) is 6. The van der Waals surface area contributed by atoms with Crippen molar-refractivity contribution in [1.29, 1.82) is 0 Å². The van der Waals surface area contributed by atoms with Gasteiger partial charge < -0.3 is 9.64 Å². The van der Waals surface area contributed by atoms with E-state index in [9.17, 15) is 4.79 Å². The number of hydrogen-bond donors (Lipinski definition) is 0. The third-order valence-electron chi connectivity index (χ3n) is 4.29. The molecule has 8 heteroatoms. The Kier molecular flexibility index (Phi) is 4.52. The number of ether oxygens (including phenoxy) is 1. The van der Waals surface area contributed by atoms with Gasteiger partial charge in [0.15, 0.2) is 5.69 Å². The number of amides is 1. The maximum Gasteiger partial charge on any atom is 0.276 e. The van der Waals surface area contributed by atoms with Crippen molar-refractivity contribution in [2.45, 2.75) is 19.9 Å². The summed E-state index contributed by atoms with van der Waals surface area (Å²) in [7, 11) is 0. The summed E-state index contributed by atoms with van der Waals surface area (Å²) >= 11 is 1.55. The monoisotopic (exact) mass is 369 g/mol. The third-order valence-corrected chi connectivity index (χ3v) is 5.35. The van der Waals surface area contributed by atoms with Crippen molar-refractivity contribution in [3.8, 4) is 5.69 Å². The predicted octanol–water partition coefficient (Wildman–Crippen LogP) is 2.55. The van der Waals surface area contributed by atoms with Crippen LogP contribution in [0.2, 0.25) is 0 Å². The molecule has 7 nitrogen and oxygen atoms in total. The molecule has 0 aliphatic carbocycles. The molecule has 1 saturated heterocycles. The maximum atomic E-state index is 13.0. The maximum absolute atomic E-state index is 13.0. The summed E-state index contributed by atoms with van der Waals surface area (Å²) in [6.07, 6.45) is 1.68. The Balaban J connectivity index is 1.60. The van der Waals surface area contributed by atoms with Gasteiger partial charge in [0, 0.05) is 17.6 Å². The summed E-state index contributed by atoms with van der Waals surface area (Å²) in [6.45, 7) is 5.44. The highest BCUT2D eigenvalue weighted by molar-refractivity contribution is 7.09. The molecule has 0 spiro atoms. The fourth-order valence-corrected chi connectivity index (χ4v) is 3.88. The fraction of sp³-hybridized carbons (Fsp3) is 0.333. The van der Waals surface area contributed by atoms with E-state index >= 15 is 0 Å². The third kappa shape index (κ3) is 3.25. The zero-order valence-electron chi connectivity index (χ0n) is 14.6. The van der Waals surface area contributed by atoms with Crippen LogP contribution in [0, 0.1) is 13.8 Å². The van der Waals surface area contributed by atoms with E-state index in [1.165, 1.54) is 0 Å². The Morgan fingerprint density at radius 1 is 1.35 bits per heavy atom. The smallest absolute Gasteiger partial charge is 0.276 e. The quantitative estimate of drug-likeness (QED) is 0.709. The Morgan fingerprint density at radius 2 is 2.23 bits per heavy atom. The van der Waals surface area contributed by atoms with Gasteiger partial charge in [-0.1, -0.05) is 17.3 Å². The first-order valence-corrected chi connectivity index (χ1v) is 9.30. The molecule has 1 unspecified atom stereocenters. The van der Waals surface area contributed by atoms with Gasteiger partial charge >= 0.3 is 0 Å². The molecule has 3 heterocycles. The van der Waals surface area contributed by atoms with Crippen molar-refractivity contribution in [1.82, 2.24) is 24.9 Å². The van der Waals surface area contributed by atoms with Crippen molar-refractivity contribution in [2.24, 2.45) is 0 Å². The van der Waals surface area contributed by atoms with E-state index in [-0.39, 0.29) is 11.9 Å². The van der Waals surface area contributed by atoms with Gasteiger partial charge in [-0.25, -0.2) is 9.67 Å². The van der Waals surface area contributed by atoms with Crippen LogP contribution in [-0.4, -0.2) is 50.5 Å². The largest absolute Gasteiger partial charge is 0.377 e. The molecule has 1 amide bonds. The molecule has 1 aromatic carbocycles. The van der Waals surface area contributed by atoms with Crippen LogP contribution in [-0.2, 0) is 4.74 Å². The number of benzene rings is 1. The number of aromatic nitrogens is 4. The number of morpholine rings is 1. The summed E-state index contributed by atoms with van der Waals surface area (Å²) in [6, 6.07) is 7.72. The minimum Gasteiger partial charge on any atom is -0.377 e. The number of carbonyl (C=O) groups excluding carboxylic acids is 1. The van der Waals surface area contributed by atoms with Gasteiger partial charge in [0.1, 0.15) is 11.0 Å². The second-order valence-corrected chi connectivity index (χ2v) is 7.19. The first-order valence-electron chi connectivity index (χ1n) is 8.42. The number of carbonyl (C=O) groups is 1. The lowest BCUT2D eigenvalue weighted by Gasteiger charge is -2.33. The lowest BCUT2D eigenvalue weighted by Crippen LogP contribution is -2.43. The van der Waals surface area contributed by atoms with Crippen LogP contribution in [0.15, 0.2) is 35.8 Å². The standard InChI is InChI=1S/C18H19N5O2S/c1-12-4-3-5-14(8-12)23-9-15(20-21-23)18(24)22-6-7-25-10-16(22)17-19-13(2)11-26-17/h3-5,8-9,11,16H,6-7,10H2,1-2H3. The second-order valence-electron chi connectivity index (χ2n) is 6.30. The molecule has 1 aliphatic heterocycles. The van der Waals surface area contributed by atoms with Crippen LogP contribution < -0.4 is 0 Å². The molecule has 0 bridgehead atoms. The summed E-state index contributed by atoms with van der Waals surface area (Å²) in [5, 5.41) is 11.1. The van der Waals surface area contributed by atoms with E-state index in [4.69, 9.17) is 4.74 Å². The molecule has 1 aliphatic rings. The number of nitrogens with zero attached hydrogens (tertiary/aromatic N) is 5. The van der Waals surface area contributed by atoms with Gasteiger partial charge in [-0.15, -0.1) is 16.4 Å². The first-order chi connectivity index (χ1) is 12.6. The lowest BCUT2D eigenvalue weighted by molar-refractivity contribution is -0.00309. The van der Waals surface area contributed by atoms with E-state index in [1.807, 2.05) is 43.5 Å². The molecule has 0 N–H and O–H groups in total.